The van der Waals surface area contributed by atoms with Crippen molar-refractivity contribution in [3.05, 3.63) is 11.1 Å². The first kappa shape index (κ1) is 17.7. The van der Waals surface area contributed by atoms with E-state index in [-0.39, 0.29) is 12.0 Å². The van der Waals surface area contributed by atoms with Crippen molar-refractivity contribution in [3.63, 3.8) is 0 Å². The molecular formula is C15H26O4. The summed E-state index contributed by atoms with van der Waals surface area (Å²) in [5, 5.41) is 18.0. The van der Waals surface area contributed by atoms with Gasteiger partial charge in [-0.2, -0.15) is 0 Å². The van der Waals surface area contributed by atoms with Gasteiger partial charge in [-0.3, -0.25) is 4.79 Å². The summed E-state index contributed by atoms with van der Waals surface area (Å²) in [5.74, 6) is -1.21. The largest absolute Gasteiger partial charge is 0.481 e. The lowest BCUT2D eigenvalue weighted by Crippen LogP contribution is -2.11. The van der Waals surface area contributed by atoms with Gasteiger partial charge in [-0.15, -0.1) is 0 Å². The quantitative estimate of drug-likeness (QED) is 0.626. The Labute approximate surface area is 115 Å². The summed E-state index contributed by atoms with van der Waals surface area (Å²) in [6, 6.07) is 0. The number of hydrogen-bond acceptors (Lipinski definition) is 2. The molecule has 0 spiro atoms. The molecule has 0 rings (SSSR count). The van der Waals surface area contributed by atoms with Gasteiger partial charge >= 0.3 is 11.9 Å². The van der Waals surface area contributed by atoms with Gasteiger partial charge in [-0.25, -0.2) is 4.79 Å². The van der Waals surface area contributed by atoms with Gasteiger partial charge in [0, 0.05) is 5.57 Å². The van der Waals surface area contributed by atoms with Gasteiger partial charge in [0.25, 0.3) is 0 Å². The minimum absolute atomic E-state index is 0.0776. The molecule has 0 heterocycles. The van der Waals surface area contributed by atoms with Crippen molar-refractivity contribution in [1.82, 2.24) is 0 Å². The van der Waals surface area contributed by atoms with Crippen molar-refractivity contribution in [1.29, 1.82) is 0 Å². The summed E-state index contributed by atoms with van der Waals surface area (Å²) in [4.78, 5) is 22.0. The van der Waals surface area contributed by atoms with Crippen LogP contribution in [-0.2, 0) is 9.59 Å². The first-order valence-electron chi connectivity index (χ1n) is 6.90. The van der Waals surface area contributed by atoms with E-state index in [0.29, 0.717) is 24.7 Å². The van der Waals surface area contributed by atoms with E-state index in [1.165, 1.54) is 0 Å². The lowest BCUT2D eigenvalue weighted by Gasteiger charge is -2.14. The van der Waals surface area contributed by atoms with Gasteiger partial charge in [0.1, 0.15) is 0 Å². The van der Waals surface area contributed by atoms with Gasteiger partial charge in [0.2, 0.25) is 0 Å². The summed E-state index contributed by atoms with van der Waals surface area (Å²) in [6.45, 7) is 8.32. The van der Waals surface area contributed by atoms with E-state index in [1.54, 1.807) is 0 Å². The van der Waals surface area contributed by atoms with Crippen LogP contribution in [-0.4, -0.2) is 22.2 Å². The normalized spacial score (nSPS) is 10.8. The monoisotopic (exact) mass is 270 g/mol. The highest BCUT2D eigenvalue weighted by molar-refractivity contribution is 5.92. The van der Waals surface area contributed by atoms with Crippen molar-refractivity contribution in [2.75, 3.05) is 0 Å². The number of carboxylic acids is 2. The van der Waals surface area contributed by atoms with Crippen LogP contribution in [0.3, 0.4) is 0 Å². The average Bonchev–Trinajstić information content (AvgIpc) is 2.25. The van der Waals surface area contributed by atoms with Gasteiger partial charge in [0.05, 0.1) is 6.42 Å². The molecule has 0 atom stereocenters. The van der Waals surface area contributed by atoms with Crippen molar-refractivity contribution in [2.45, 2.75) is 59.8 Å². The number of allylic oxidation sites excluding steroid dienone is 1. The molecule has 0 aliphatic rings. The average molecular weight is 270 g/mol. The Bertz CT molecular complexity index is 326. The second-order valence-electron chi connectivity index (χ2n) is 5.82. The van der Waals surface area contributed by atoms with Crippen LogP contribution in [0.4, 0.5) is 0 Å². The molecule has 0 aromatic carbocycles. The molecule has 110 valence electrons. The fraction of sp³-hybridized carbons (Fsp3) is 0.733. The van der Waals surface area contributed by atoms with Gasteiger partial charge in [-0.05, 0) is 37.5 Å². The maximum atomic E-state index is 11.2. The zero-order valence-corrected chi connectivity index (χ0v) is 12.4. The fourth-order valence-electron chi connectivity index (χ4n) is 1.86. The first-order valence-corrected chi connectivity index (χ1v) is 6.90. The predicted octanol–water partition coefficient (Wildman–Crippen LogP) is 3.71. The predicted molar refractivity (Wildman–Crippen MR) is 75.1 cm³/mol. The first-order chi connectivity index (χ1) is 8.73. The standard InChI is InChI=1S/C15H26O4/c1-10(2)5-7-12(8-6-11(3)4)13(15(18)19)9-14(16)17/h10-11H,5-9H2,1-4H3,(H,16,17)(H,18,19). The van der Waals surface area contributed by atoms with Crippen LogP contribution in [0.15, 0.2) is 11.1 Å². The van der Waals surface area contributed by atoms with Crippen molar-refractivity contribution in [3.8, 4) is 0 Å². The third-order valence-corrected chi connectivity index (χ3v) is 3.06. The summed E-state index contributed by atoms with van der Waals surface area (Å²) in [6.07, 6.45) is 2.76. The van der Waals surface area contributed by atoms with Crippen LogP contribution in [0.25, 0.3) is 0 Å². The summed E-state index contributed by atoms with van der Waals surface area (Å²) in [5.41, 5.74) is 0.881. The maximum absolute atomic E-state index is 11.2. The highest BCUT2D eigenvalue weighted by Crippen LogP contribution is 2.24. The molecular weight excluding hydrogens is 244 g/mol. The van der Waals surface area contributed by atoms with E-state index in [0.717, 1.165) is 18.4 Å². The Morgan fingerprint density at radius 1 is 0.895 bits per heavy atom. The molecule has 0 aromatic rings. The van der Waals surface area contributed by atoms with Gasteiger partial charge in [0.15, 0.2) is 0 Å². The van der Waals surface area contributed by atoms with E-state index in [1.807, 2.05) is 0 Å². The third-order valence-electron chi connectivity index (χ3n) is 3.06. The number of aliphatic carboxylic acids is 2. The highest BCUT2D eigenvalue weighted by Gasteiger charge is 2.18. The van der Waals surface area contributed by atoms with Gasteiger partial charge in [-0.1, -0.05) is 33.3 Å². The molecule has 0 aliphatic carbocycles. The van der Waals surface area contributed by atoms with Crippen molar-refractivity contribution in [2.24, 2.45) is 11.8 Å². The van der Waals surface area contributed by atoms with E-state index >= 15 is 0 Å². The lowest BCUT2D eigenvalue weighted by atomic mass is 9.91. The molecule has 0 radical (unpaired) electrons. The molecule has 0 saturated heterocycles. The molecule has 0 aliphatic heterocycles. The van der Waals surface area contributed by atoms with Crippen molar-refractivity contribution < 1.29 is 19.8 Å². The zero-order valence-electron chi connectivity index (χ0n) is 12.4. The molecule has 4 nitrogen and oxygen atoms in total. The van der Waals surface area contributed by atoms with E-state index in [9.17, 15) is 14.7 Å². The van der Waals surface area contributed by atoms with E-state index in [4.69, 9.17) is 5.11 Å². The highest BCUT2D eigenvalue weighted by atomic mass is 16.4. The zero-order chi connectivity index (χ0) is 15.0. The Hall–Kier alpha value is -1.32. The minimum Gasteiger partial charge on any atom is -0.481 e. The molecule has 4 heteroatoms. The molecule has 0 amide bonds. The van der Waals surface area contributed by atoms with Crippen LogP contribution in [0.1, 0.15) is 59.8 Å². The maximum Gasteiger partial charge on any atom is 0.332 e. The van der Waals surface area contributed by atoms with Crippen LogP contribution in [0, 0.1) is 11.8 Å². The third kappa shape index (κ3) is 8.41. The van der Waals surface area contributed by atoms with Crippen LogP contribution in [0.5, 0.6) is 0 Å². The summed E-state index contributed by atoms with van der Waals surface area (Å²) >= 11 is 0. The number of carboxylic acid groups (broad SMARTS) is 2. The minimum atomic E-state index is -1.09. The Morgan fingerprint density at radius 2 is 1.32 bits per heavy atom. The number of rotatable bonds is 9. The summed E-state index contributed by atoms with van der Waals surface area (Å²) in [7, 11) is 0. The Morgan fingerprint density at radius 3 is 1.58 bits per heavy atom. The van der Waals surface area contributed by atoms with Gasteiger partial charge < -0.3 is 10.2 Å². The SMILES string of the molecule is CC(C)CCC(CCC(C)C)=C(CC(=O)O)C(=O)O. The molecule has 0 aromatic heterocycles. The number of hydrogen-bond donors (Lipinski definition) is 2. The molecule has 19 heavy (non-hydrogen) atoms. The molecule has 0 saturated carbocycles. The lowest BCUT2D eigenvalue weighted by molar-refractivity contribution is -0.139. The van der Waals surface area contributed by atoms with E-state index < -0.39 is 11.9 Å². The van der Waals surface area contributed by atoms with Crippen LogP contribution < -0.4 is 0 Å². The van der Waals surface area contributed by atoms with E-state index in [2.05, 4.69) is 27.7 Å². The van der Waals surface area contributed by atoms with Crippen LogP contribution >= 0.6 is 0 Å². The number of carbonyl (C=O) groups is 2. The second-order valence-corrected chi connectivity index (χ2v) is 5.82. The Balaban J connectivity index is 5.07. The molecule has 2 N–H and O–H groups in total. The second kappa shape index (κ2) is 8.73. The Kier molecular flexibility index (Phi) is 8.12. The molecule has 0 unspecified atom stereocenters. The smallest absolute Gasteiger partial charge is 0.332 e. The van der Waals surface area contributed by atoms with Crippen molar-refractivity contribution >= 4 is 11.9 Å². The fourth-order valence-corrected chi connectivity index (χ4v) is 1.86. The van der Waals surface area contributed by atoms with Crippen LogP contribution in [0.2, 0.25) is 0 Å². The summed E-state index contributed by atoms with van der Waals surface area (Å²) < 4.78 is 0. The molecule has 0 bridgehead atoms. The molecule has 0 fully saturated rings. The topological polar surface area (TPSA) is 74.6 Å².